The molecule has 3 aromatic carbocycles. The molecule has 0 saturated heterocycles. The first-order chi connectivity index (χ1) is 14.6. The van der Waals surface area contributed by atoms with Gasteiger partial charge in [0, 0.05) is 12.1 Å². The third-order valence-corrected chi connectivity index (χ3v) is 4.60. The van der Waals surface area contributed by atoms with Crippen LogP contribution in [0.2, 0.25) is 0 Å². The summed E-state index contributed by atoms with van der Waals surface area (Å²) in [7, 11) is 3.18. The van der Waals surface area contributed by atoms with Gasteiger partial charge in [0.05, 0.1) is 25.5 Å². The van der Waals surface area contributed by atoms with E-state index in [1.165, 1.54) is 0 Å². The Hall–Kier alpha value is -3.80. The summed E-state index contributed by atoms with van der Waals surface area (Å²) in [5.41, 5.74) is 2.42. The molecule has 154 valence electrons. The van der Waals surface area contributed by atoms with Gasteiger partial charge in [-0.25, -0.2) is 0 Å². The van der Waals surface area contributed by atoms with Gasteiger partial charge in [-0.2, -0.15) is 0 Å². The standard InChI is InChI=1S/C24H24N2O4/c1-29-21-13-12-17(16-22(21)30-2)14-15-25-24(28)19-10-6-7-11-20(19)26-23(27)18-8-4-3-5-9-18/h3-13,16H,14-15H2,1-2H3,(H,25,28)(H,26,27). The van der Waals surface area contributed by atoms with Crippen LogP contribution in [0.3, 0.4) is 0 Å². The van der Waals surface area contributed by atoms with Crippen molar-refractivity contribution in [3.63, 3.8) is 0 Å². The van der Waals surface area contributed by atoms with Gasteiger partial charge in [0.25, 0.3) is 11.8 Å². The third kappa shape index (κ3) is 5.17. The van der Waals surface area contributed by atoms with Crippen LogP contribution in [-0.4, -0.2) is 32.6 Å². The first-order valence-corrected chi connectivity index (χ1v) is 9.57. The average Bonchev–Trinajstić information content (AvgIpc) is 2.79. The van der Waals surface area contributed by atoms with Crippen LogP contribution < -0.4 is 20.1 Å². The summed E-state index contributed by atoms with van der Waals surface area (Å²) >= 11 is 0. The number of methoxy groups -OCH3 is 2. The van der Waals surface area contributed by atoms with Crippen molar-refractivity contribution in [1.29, 1.82) is 0 Å². The highest BCUT2D eigenvalue weighted by Crippen LogP contribution is 2.27. The summed E-state index contributed by atoms with van der Waals surface area (Å²) < 4.78 is 10.5. The summed E-state index contributed by atoms with van der Waals surface area (Å²) in [6.07, 6.45) is 0.630. The fourth-order valence-electron chi connectivity index (χ4n) is 3.03. The molecule has 3 rings (SSSR count). The zero-order chi connectivity index (χ0) is 21.3. The lowest BCUT2D eigenvalue weighted by molar-refractivity contribution is 0.0955. The van der Waals surface area contributed by atoms with Crippen LogP contribution in [0.4, 0.5) is 5.69 Å². The second kappa shape index (κ2) is 10.1. The van der Waals surface area contributed by atoms with Gasteiger partial charge in [0.2, 0.25) is 0 Å². The maximum absolute atomic E-state index is 12.7. The van der Waals surface area contributed by atoms with E-state index in [2.05, 4.69) is 10.6 Å². The number of carbonyl (C=O) groups excluding carboxylic acids is 2. The lowest BCUT2D eigenvalue weighted by Crippen LogP contribution is -2.27. The van der Waals surface area contributed by atoms with E-state index in [1.54, 1.807) is 62.8 Å². The number of para-hydroxylation sites is 1. The zero-order valence-electron chi connectivity index (χ0n) is 17.0. The number of nitrogens with one attached hydrogen (secondary N) is 2. The van der Waals surface area contributed by atoms with Gasteiger partial charge in [-0.05, 0) is 48.4 Å². The molecule has 0 heterocycles. The van der Waals surface area contributed by atoms with Gasteiger partial charge >= 0.3 is 0 Å². The van der Waals surface area contributed by atoms with Crippen molar-refractivity contribution < 1.29 is 19.1 Å². The summed E-state index contributed by atoms with van der Waals surface area (Å²) in [5, 5.41) is 5.72. The molecule has 0 spiro atoms. The van der Waals surface area contributed by atoms with Crippen molar-refractivity contribution in [2.45, 2.75) is 6.42 Å². The molecule has 30 heavy (non-hydrogen) atoms. The van der Waals surface area contributed by atoms with Crippen LogP contribution in [0, 0.1) is 0 Å². The molecule has 0 radical (unpaired) electrons. The molecule has 0 aliphatic heterocycles. The average molecular weight is 404 g/mol. The number of ether oxygens (including phenoxy) is 2. The number of anilines is 1. The van der Waals surface area contributed by atoms with E-state index in [1.807, 2.05) is 24.3 Å². The van der Waals surface area contributed by atoms with E-state index in [0.717, 1.165) is 5.56 Å². The molecule has 0 aromatic heterocycles. The van der Waals surface area contributed by atoms with Crippen molar-refractivity contribution in [2.24, 2.45) is 0 Å². The van der Waals surface area contributed by atoms with Crippen LogP contribution in [0.1, 0.15) is 26.3 Å². The number of rotatable bonds is 8. The molecule has 6 heteroatoms. The van der Waals surface area contributed by atoms with E-state index in [0.29, 0.717) is 41.3 Å². The van der Waals surface area contributed by atoms with E-state index in [9.17, 15) is 9.59 Å². The number of amides is 2. The number of carbonyl (C=O) groups is 2. The lowest BCUT2D eigenvalue weighted by Gasteiger charge is -2.12. The molecule has 2 N–H and O–H groups in total. The van der Waals surface area contributed by atoms with Gasteiger partial charge in [-0.3, -0.25) is 9.59 Å². The van der Waals surface area contributed by atoms with E-state index < -0.39 is 0 Å². The second-order valence-corrected chi connectivity index (χ2v) is 6.56. The Kier molecular flexibility index (Phi) is 7.05. The molecular formula is C24H24N2O4. The van der Waals surface area contributed by atoms with Gasteiger partial charge in [0.15, 0.2) is 11.5 Å². The topological polar surface area (TPSA) is 76.7 Å². The predicted molar refractivity (Wildman–Crippen MR) is 116 cm³/mol. The smallest absolute Gasteiger partial charge is 0.255 e. The quantitative estimate of drug-likeness (QED) is 0.596. The Labute approximate surface area is 175 Å². The monoisotopic (exact) mass is 404 g/mol. The highest BCUT2D eigenvalue weighted by molar-refractivity contribution is 6.08. The number of hydrogen-bond donors (Lipinski definition) is 2. The molecule has 3 aromatic rings. The Bertz CT molecular complexity index is 1020. The van der Waals surface area contributed by atoms with Gasteiger partial charge < -0.3 is 20.1 Å². The maximum atomic E-state index is 12.7. The third-order valence-electron chi connectivity index (χ3n) is 4.60. The zero-order valence-corrected chi connectivity index (χ0v) is 17.0. The molecule has 0 aliphatic rings. The number of hydrogen-bond acceptors (Lipinski definition) is 4. The summed E-state index contributed by atoms with van der Waals surface area (Å²) in [6.45, 7) is 0.440. The normalized spacial score (nSPS) is 10.2. The molecule has 0 atom stereocenters. The van der Waals surface area contributed by atoms with Gasteiger partial charge in [-0.15, -0.1) is 0 Å². The molecule has 0 aliphatic carbocycles. The number of benzene rings is 3. The highest BCUT2D eigenvalue weighted by atomic mass is 16.5. The van der Waals surface area contributed by atoms with Crippen molar-refractivity contribution in [3.05, 3.63) is 89.5 Å². The molecule has 0 bridgehead atoms. The largest absolute Gasteiger partial charge is 0.493 e. The van der Waals surface area contributed by atoms with Crippen molar-refractivity contribution in [1.82, 2.24) is 5.32 Å². The Morgan fingerprint density at radius 1 is 0.800 bits per heavy atom. The fraction of sp³-hybridized carbons (Fsp3) is 0.167. The molecule has 0 unspecified atom stereocenters. The summed E-state index contributed by atoms with van der Waals surface area (Å²) in [5.74, 6) is 0.796. The van der Waals surface area contributed by atoms with Crippen LogP contribution in [0.15, 0.2) is 72.8 Å². The minimum Gasteiger partial charge on any atom is -0.493 e. The van der Waals surface area contributed by atoms with Crippen molar-refractivity contribution in [3.8, 4) is 11.5 Å². The Balaban J connectivity index is 1.63. The summed E-state index contributed by atoms with van der Waals surface area (Å²) in [6, 6.07) is 21.5. The molecule has 0 saturated carbocycles. The lowest BCUT2D eigenvalue weighted by atomic mass is 10.1. The molecule has 2 amide bonds. The minimum atomic E-state index is -0.263. The first-order valence-electron chi connectivity index (χ1n) is 9.57. The molecule has 0 fully saturated rings. The van der Waals surface area contributed by atoms with E-state index in [4.69, 9.17) is 9.47 Å². The second-order valence-electron chi connectivity index (χ2n) is 6.56. The van der Waals surface area contributed by atoms with Gasteiger partial charge in [0.1, 0.15) is 0 Å². The fourth-order valence-corrected chi connectivity index (χ4v) is 3.03. The van der Waals surface area contributed by atoms with Crippen LogP contribution >= 0.6 is 0 Å². The SMILES string of the molecule is COc1ccc(CCNC(=O)c2ccccc2NC(=O)c2ccccc2)cc1OC. The summed E-state index contributed by atoms with van der Waals surface area (Å²) in [4.78, 5) is 25.1. The van der Waals surface area contributed by atoms with E-state index >= 15 is 0 Å². The van der Waals surface area contributed by atoms with Crippen molar-refractivity contribution >= 4 is 17.5 Å². The minimum absolute atomic E-state index is 0.251. The maximum Gasteiger partial charge on any atom is 0.255 e. The van der Waals surface area contributed by atoms with Crippen LogP contribution in [0.5, 0.6) is 11.5 Å². The molecule has 6 nitrogen and oxygen atoms in total. The Morgan fingerprint density at radius 3 is 2.23 bits per heavy atom. The Morgan fingerprint density at radius 2 is 1.50 bits per heavy atom. The van der Waals surface area contributed by atoms with Crippen LogP contribution in [-0.2, 0) is 6.42 Å². The first kappa shape index (κ1) is 20.9. The van der Waals surface area contributed by atoms with E-state index in [-0.39, 0.29) is 11.8 Å². The van der Waals surface area contributed by atoms with Gasteiger partial charge in [-0.1, -0.05) is 36.4 Å². The van der Waals surface area contributed by atoms with Crippen molar-refractivity contribution in [2.75, 3.05) is 26.1 Å². The van der Waals surface area contributed by atoms with Crippen LogP contribution in [0.25, 0.3) is 0 Å². The predicted octanol–water partition coefficient (Wildman–Crippen LogP) is 3.93. The highest BCUT2D eigenvalue weighted by Gasteiger charge is 2.14. The molecular weight excluding hydrogens is 380 g/mol.